The molecule has 0 amide bonds. The molecule has 0 aliphatic carbocycles. The summed E-state index contributed by atoms with van der Waals surface area (Å²) in [7, 11) is 0. The summed E-state index contributed by atoms with van der Waals surface area (Å²) in [5, 5.41) is 11.2. The van der Waals surface area contributed by atoms with E-state index in [0.29, 0.717) is 0 Å². The number of anilines is 3. The highest BCUT2D eigenvalue weighted by molar-refractivity contribution is 6.33. The number of para-hydroxylation sites is 5. The first-order chi connectivity index (χ1) is 24.3. The maximum Gasteiger partial charge on any atom is 0.146 e. The molecule has 5 heterocycles. The number of rotatable bonds is 3. The molecule has 5 aromatic heterocycles. The van der Waals surface area contributed by atoms with Gasteiger partial charge in [-0.05, 0) is 59.3 Å². The van der Waals surface area contributed by atoms with Crippen LogP contribution in [0.15, 0.2) is 158 Å². The lowest BCUT2D eigenvalue weighted by Crippen LogP contribution is -2.10. The second-order valence-corrected chi connectivity index (χ2v) is 13.2. The Kier molecular flexibility index (Phi) is 4.69. The molecule has 0 radical (unpaired) electrons. The normalized spacial score (nSPS) is 12.5. The zero-order chi connectivity index (χ0) is 31.8. The molecule has 49 heavy (non-hydrogen) atoms. The standard InChI is InChI=1S/C45H26N4/c1-3-14-28(15-4-1)47(29-16-5-2-6-17-29)38-24-12-21-33-40-30-18-8-7-13-27(30)25-35-36-26-39-41(46-45(36)49(43(33)38)44(35)40)34-22-11-20-32-31-19-9-10-23-37(31)48(39)42(32)34/h1-26H. The predicted molar refractivity (Wildman–Crippen MR) is 206 cm³/mol. The molecule has 0 saturated carbocycles. The zero-order valence-electron chi connectivity index (χ0n) is 26.3. The summed E-state index contributed by atoms with van der Waals surface area (Å²) >= 11 is 0. The van der Waals surface area contributed by atoms with Gasteiger partial charge >= 0.3 is 0 Å². The summed E-state index contributed by atoms with van der Waals surface area (Å²) in [6, 6.07) is 57.2. The van der Waals surface area contributed by atoms with Crippen LogP contribution in [-0.2, 0) is 0 Å². The molecule has 0 aliphatic rings. The highest BCUT2D eigenvalue weighted by Gasteiger charge is 2.27. The Morgan fingerprint density at radius 3 is 1.88 bits per heavy atom. The summed E-state index contributed by atoms with van der Waals surface area (Å²) in [5.74, 6) is 0. The number of nitrogens with zero attached hydrogens (tertiary/aromatic N) is 4. The van der Waals surface area contributed by atoms with Crippen molar-refractivity contribution in [3.8, 4) is 0 Å². The first-order valence-electron chi connectivity index (χ1n) is 16.8. The van der Waals surface area contributed by atoms with Crippen LogP contribution in [0, 0.1) is 0 Å². The third-order valence-corrected chi connectivity index (χ3v) is 10.7. The van der Waals surface area contributed by atoms with Crippen LogP contribution in [0.25, 0.3) is 87.2 Å². The fourth-order valence-electron chi connectivity index (χ4n) is 8.79. The van der Waals surface area contributed by atoms with E-state index in [0.717, 1.165) is 39.3 Å². The molecule has 0 unspecified atom stereocenters. The Balaban J connectivity index is 1.32. The average Bonchev–Trinajstić information content (AvgIpc) is 3.88. The molecule has 4 nitrogen and oxygen atoms in total. The minimum absolute atomic E-state index is 0.990. The van der Waals surface area contributed by atoms with Gasteiger partial charge in [-0.25, -0.2) is 4.98 Å². The maximum atomic E-state index is 5.67. The average molecular weight is 623 g/mol. The van der Waals surface area contributed by atoms with Gasteiger partial charge < -0.3 is 9.30 Å². The van der Waals surface area contributed by atoms with E-state index in [1.807, 2.05) is 0 Å². The SMILES string of the molecule is c1ccc(N(c2ccccc2)c2cccc3c4c5ccccc5cc5c6cc7c(nc6n(c23)c54)c2cccc3c4ccccc4n7c32)cc1. The Morgan fingerprint density at radius 1 is 0.408 bits per heavy atom. The molecule has 0 saturated heterocycles. The largest absolute Gasteiger partial charge is 0.308 e. The molecule has 7 aromatic carbocycles. The maximum absolute atomic E-state index is 5.67. The van der Waals surface area contributed by atoms with Crippen LogP contribution in [0.1, 0.15) is 0 Å². The van der Waals surface area contributed by atoms with Crippen molar-refractivity contribution in [1.82, 2.24) is 13.8 Å². The molecule has 0 aliphatic heterocycles. The number of fused-ring (bicyclic) bond motifs is 14. The van der Waals surface area contributed by atoms with Crippen molar-refractivity contribution in [2.45, 2.75) is 0 Å². The van der Waals surface area contributed by atoms with Gasteiger partial charge in [-0.2, -0.15) is 0 Å². The number of hydrogen-bond donors (Lipinski definition) is 0. The monoisotopic (exact) mass is 622 g/mol. The molecule has 0 bridgehead atoms. The second-order valence-electron chi connectivity index (χ2n) is 13.2. The van der Waals surface area contributed by atoms with Crippen molar-refractivity contribution in [3.63, 3.8) is 0 Å². The zero-order valence-corrected chi connectivity index (χ0v) is 26.3. The van der Waals surface area contributed by atoms with Crippen molar-refractivity contribution in [2.75, 3.05) is 4.90 Å². The quantitative estimate of drug-likeness (QED) is 0.196. The smallest absolute Gasteiger partial charge is 0.146 e. The molecule has 12 aromatic rings. The molecular weight excluding hydrogens is 597 g/mol. The third kappa shape index (κ3) is 3.12. The summed E-state index contributed by atoms with van der Waals surface area (Å²) < 4.78 is 4.90. The van der Waals surface area contributed by atoms with E-state index in [2.05, 4.69) is 171 Å². The number of pyridine rings is 1. The lowest BCUT2D eigenvalue weighted by molar-refractivity contribution is 1.25. The fraction of sp³-hybridized carbons (Fsp3) is 0. The summed E-state index contributed by atoms with van der Waals surface area (Å²) in [6.07, 6.45) is 0. The van der Waals surface area contributed by atoms with Gasteiger partial charge in [0.2, 0.25) is 0 Å². The van der Waals surface area contributed by atoms with Crippen LogP contribution in [0.4, 0.5) is 17.1 Å². The van der Waals surface area contributed by atoms with Crippen molar-refractivity contribution in [1.29, 1.82) is 0 Å². The van der Waals surface area contributed by atoms with Crippen LogP contribution in [-0.4, -0.2) is 13.8 Å². The molecule has 0 N–H and O–H groups in total. The van der Waals surface area contributed by atoms with Gasteiger partial charge in [0.15, 0.2) is 0 Å². The van der Waals surface area contributed by atoms with Gasteiger partial charge in [0.05, 0.1) is 38.8 Å². The summed E-state index contributed by atoms with van der Waals surface area (Å²) in [4.78, 5) is 8.06. The van der Waals surface area contributed by atoms with Crippen molar-refractivity contribution in [2.24, 2.45) is 0 Å². The van der Waals surface area contributed by atoms with Gasteiger partial charge in [-0.15, -0.1) is 0 Å². The molecule has 4 heteroatoms. The van der Waals surface area contributed by atoms with E-state index in [1.165, 1.54) is 65.0 Å². The van der Waals surface area contributed by atoms with E-state index in [9.17, 15) is 0 Å². The van der Waals surface area contributed by atoms with Crippen molar-refractivity contribution in [3.05, 3.63) is 158 Å². The fourth-order valence-corrected chi connectivity index (χ4v) is 8.79. The lowest BCUT2D eigenvalue weighted by atomic mass is 10.00. The highest BCUT2D eigenvalue weighted by atomic mass is 15.2. The lowest BCUT2D eigenvalue weighted by Gasteiger charge is -2.26. The molecule has 0 fully saturated rings. The highest BCUT2D eigenvalue weighted by Crippen LogP contribution is 2.48. The number of benzene rings is 7. The third-order valence-electron chi connectivity index (χ3n) is 10.7. The first-order valence-corrected chi connectivity index (χ1v) is 16.8. The first kappa shape index (κ1) is 25.4. The number of hydrogen-bond acceptors (Lipinski definition) is 2. The Hall–Kier alpha value is -6.65. The van der Waals surface area contributed by atoms with Gasteiger partial charge in [0.25, 0.3) is 0 Å². The van der Waals surface area contributed by atoms with Crippen LogP contribution < -0.4 is 4.90 Å². The van der Waals surface area contributed by atoms with Crippen molar-refractivity contribution >= 4 is 104 Å². The van der Waals surface area contributed by atoms with Crippen LogP contribution in [0.5, 0.6) is 0 Å². The number of aromatic nitrogens is 3. The molecule has 12 rings (SSSR count). The van der Waals surface area contributed by atoms with Crippen molar-refractivity contribution < 1.29 is 0 Å². The molecule has 0 atom stereocenters. The second kappa shape index (κ2) is 9.03. The van der Waals surface area contributed by atoms with Gasteiger partial charge in [0.1, 0.15) is 5.65 Å². The predicted octanol–water partition coefficient (Wildman–Crippen LogP) is 12.0. The van der Waals surface area contributed by atoms with Crippen LogP contribution in [0.3, 0.4) is 0 Å². The Morgan fingerprint density at radius 2 is 1.06 bits per heavy atom. The Bertz CT molecular complexity index is 3220. The van der Waals surface area contributed by atoms with Gasteiger partial charge in [0, 0.05) is 49.1 Å². The van der Waals surface area contributed by atoms with Crippen LogP contribution >= 0.6 is 0 Å². The topological polar surface area (TPSA) is 25.0 Å². The van der Waals surface area contributed by atoms with E-state index < -0.39 is 0 Å². The molecule has 0 spiro atoms. The minimum atomic E-state index is 0.990. The summed E-state index contributed by atoms with van der Waals surface area (Å²) in [5.41, 5.74) is 11.4. The Labute approximate surface area is 279 Å². The van der Waals surface area contributed by atoms with E-state index in [-0.39, 0.29) is 0 Å². The van der Waals surface area contributed by atoms with Gasteiger partial charge in [-0.1, -0.05) is 109 Å². The van der Waals surface area contributed by atoms with Gasteiger partial charge in [-0.3, -0.25) is 4.40 Å². The molecular formula is C45H26N4. The van der Waals surface area contributed by atoms with E-state index >= 15 is 0 Å². The minimum Gasteiger partial charge on any atom is -0.308 e. The van der Waals surface area contributed by atoms with Crippen LogP contribution in [0.2, 0.25) is 0 Å². The summed E-state index contributed by atoms with van der Waals surface area (Å²) in [6.45, 7) is 0. The van der Waals surface area contributed by atoms with E-state index in [1.54, 1.807) is 0 Å². The molecule has 226 valence electrons. The van der Waals surface area contributed by atoms with E-state index in [4.69, 9.17) is 4.98 Å².